The molecular formula is C16H22Cl2Zr. The zero-order valence-electron chi connectivity index (χ0n) is 12.0. The Kier molecular flexibility index (Phi) is 9.58. The summed E-state index contributed by atoms with van der Waals surface area (Å²) in [4.78, 5) is 0. The van der Waals surface area contributed by atoms with Crippen molar-refractivity contribution in [2.75, 3.05) is 0 Å². The maximum atomic E-state index is 2.42. The molecule has 0 saturated carbocycles. The molecule has 0 nitrogen and oxygen atoms in total. The van der Waals surface area contributed by atoms with Crippen LogP contribution in [0.15, 0.2) is 41.5 Å². The molecule has 0 aromatic carbocycles. The Labute approximate surface area is 141 Å². The first kappa shape index (κ1) is 19.4. The average molecular weight is 376 g/mol. The molecular weight excluding hydrogens is 354 g/mol. The Morgan fingerprint density at radius 1 is 1.16 bits per heavy atom. The number of unbranched alkanes of at least 4 members (excludes halogenated alkanes) is 1. The van der Waals surface area contributed by atoms with Crippen LogP contribution in [-0.2, 0) is 23.2 Å². The molecule has 0 aromatic rings. The molecule has 0 atom stereocenters. The van der Waals surface area contributed by atoms with Gasteiger partial charge in [-0.05, 0) is 0 Å². The molecule has 2 aliphatic carbocycles. The quantitative estimate of drug-likeness (QED) is 0.584. The number of allylic oxidation sites excluding steroid dienone is 8. The number of halogens is 2. The van der Waals surface area contributed by atoms with E-state index in [0.29, 0.717) is 0 Å². The summed E-state index contributed by atoms with van der Waals surface area (Å²) in [5, 5.41) is 0. The van der Waals surface area contributed by atoms with E-state index in [2.05, 4.69) is 39.0 Å². The normalized spacial score (nSPS) is 17.1. The first-order valence-corrected chi connectivity index (χ1v) is 9.20. The van der Waals surface area contributed by atoms with Crippen molar-refractivity contribution in [3.05, 3.63) is 41.5 Å². The van der Waals surface area contributed by atoms with Gasteiger partial charge >= 0.3 is 118 Å². The molecule has 2 rings (SSSR count). The van der Waals surface area contributed by atoms with Crippen molar-refractivity contribution >= 4 is 0 Å². The summed E-state index contributed by atoms with van der Waals surface area (Å²) >= 11 is -0.485. The molecule has 0 aromatic heterocycles. The molecule has 19 heavy (non-hydrogen) atoms. The molecule has 0 bridgehead atoms. The minimum Gasteiger partial charge on any atom is -1.00 e. The minimum absolute atomic E-state index is 0. The monoisotopic (exact) mass is 374 g/mol. The third kappa shape index (κ3) is 5.03. The molecule has 0 N–H and O–H groups in total. The molecule has 104 valence electrons. The van der Waals surface area contributed by atoms with E-state index in [0.717, 1.165) is 0 Å². The van der Waals surface area contributed by atoms with Gasteiger partial charge in [-0.3, -0.25) is 0 Å². The molecule has 0 heterocycles. The fourth-order valence-corrected chi connectivity index (χ4v) is 6.19. The van der Waals surface area contributed by atoms with Gasteiger partial charge in [-0.15, -0.1) is 0 Å². The average Bonchev–Trinajstić information content (AvgIpc) is 2.88. The van der Waals surface area contributed by atoms with Crippen LogP contribution in [0.1, 0.15) is 52.9 Å². The van der Waals surface area contributed by atoms with Gasteiger partial charge in [0.15, 0.2) is 0 Å². The van der Waals surface area contributed by atoms with Crippen LogP contribution in [0.25, 0.3) is 0 Å². The van der Waals surface area contributed by atoms with Crippen LogP contribution in [0.4, 0.5) is 0 Å². The Bertz CT molecular complexity index is 428. The van der Waals surface area contributed by atoms with E-state index in [4.69, 9.17) is 0 Å². The number of rotatable bonds is 5. The van der Waals surface area contributed by atoms with Gasteiger partial charge < -0.3 is 24.8 Å². The third-order valence-electron chi connectivity index (χ3n) is 3.64. The fourth-order valence-electron chi connectivity index (χ4n) is 2.49. The summed E-state index contributed by atoms with van der Waals surface area (Å²) in [7, 11) is 0. The summed E-state index contributed by atoms with van der Waals surface area (Å²) in [5.74, 6) is 0. The van der Waals surface area contributed by atoms with Gasteiger partial charge in [-0.1, -0.05) is 0 Å². The van der Waals surface area contributed by atoms with E-state index in [1.165, 1.54) is 32.1 Å². The summed E-state index contributed by atoms with van der Waals surface area (Å²) in [5.41, 5.74) is 4.94. The topological polar surface area (TPSA) is 0 Å². The SMILES string of the molecule is CCCCC1=[C]([Zr+2][C]2=C(C)CC=C2C)CC=C1.[Cl-].[Cl-]. The molecule has 3 heteroatoms. The molecule has 0 unspecified atom stereocenters. The second-order valence-electron chi connectivity index (χ2n) is 5.09. The Balaban J connectivity index is 0.00000162. The summed E-state index contributed by atoms with van der Waals surface area (Å²) in [6.07, 6.45) is 13.7. The van der Waals surface area contributed by atoms with Crippen LogP contribution >= 0.6 is 0 Å². The van der Waals surface area contributed by atoms with Crippen LogP contribution in [-0.4, -0.2) is 0 Å². The van der Waals surface area contributed by atoms with Gasteiger partial charge in [-0.25, -0.2) is 0 Å². The van der Waals surface area contributed by atoms with Crippen molar-refractivity contribution < 1.29 is 48.0 Å². The van der Waals surface area contributed by atoms with E-state index in [1.807, 2.05) is 3.28 Å². The van der Waals surface area contributed by atoms with Crippen molar-refractivity contribution in [2.24, 2.45) is 0 Å². The van der Waals surface area contributed by atoms with E-state index in [9.17, 15) is 0 Å². The first-order chi connectivity index (χ1) is 8.22. The van der Waals surface area contributed by atoms with E-state index >= 15 is 0 Å². The Hall–Kier alpha value is 0.423. The largest absolute Gasteiger partial charge is 1.00 e. The van der Waals surface area contributed by atoms with Crippen molar-refractivity contribution in [3.8, 4) is 0 Å². The molecule has 0 fully saturated rings. The zero-order chi connectivity index (χ0) is 12.3. The molecule has 0 aliphatic heterocycles. The van der Waals surface area contributed by atoms with Gasteiger partial charge in [0, 0.05) is 0 Å². The molecule has 0 saturated heterocycles. The predicted octanol–water partition coefficient (Wildman–Crippen LogP) is -0.895. The third-order valence-corrected chi connectivity index (χ3v) is 8.31. The first-order valence-electron chi connectivity index (χ1n) is 6.74. The number of hydrogen-bond donors (Lipinski definition) is 0. The molecule has 2 aliphatic rings. The molecule has 0 radical (unpaired) electrons. The van der Waals surface area contributed by atoms with Gasteiger partial charge in [0.05, 0.1) is 0 Å². The van der Waals surface area contributed by atoms with Crippen molar-refractivity contribution in [1.82, 2.24) is 0 Å². The Morgan fingerprint density at radius 2 is 1.89 bits per heavy atom. The second-order valence-corrected chi connectivity index (χ2v) is 8.41. The molecule has 0 spiro atoms. The van der Waals surface area contributed by atoms with E-state index in [-0.39, 0.29) is 24.8 Å². The van der Waals surface area contributed by atoms with Gasteiger partial charge in [0.2, 0.25) is 0 Å². The van der Waals surface area contributed by atoms with Gasteiger partial charge in [0.25, 0.3) is 0 Å². The minimum atomic E-state index is -0.485. The van der Waals surface area contributed by atoms with Crippen molar-refractivity contribution in [2.45, 2.75) is 52.9 Å². The van der Waals surface area contributed by atoms with Crippen LogP contribution < -0.4 is 24.8 Å². The summed E-state index contributed by atoms with van der Waals surface area (Å²) in [6.45, 7) is 6.93. The van der Waals surface area contributed by atoms with Gasteiger partial charge in [-0.2, -0.15) is 0 Å². The van der Waals surface area contributed by atoms with Crippen molar-refractivity contribution in [3.63, 3.8) is 0 Å². The smallest absolute Gasteiger partial charge is 1.00 e. The maximum Gasteiger partial charge on any atom is -1.00 e. The summed E-state index contributed by atoms with van der Waals surface area (Å²) in [6, 6.07) is 0. The predicted molar refractivity (Wildman–Crippen MR) is 71.4 cm³/mol. The van der Waals surface area contributed by atoms with Crippen LogP contribution in [0.3, 0.4) is 0 Å². The van der Waals surface area contributed by atoms with Crippen LogP contribution in [0.2, 0.25) is 0 Å². The zero-order valence-corrected chi connectivity index (χ0v) is 16.0. The van der Waals surface area contributed by atoms with Gasteiger partial charge in [0.1, 0.15) is 0 Å². The standard InChI is InChI=1S/C9H13.C7H9.2ClH.Zr/c1-2-3-6-9-7-4-5-8-9;1-6-3-4-7(2)5-6;;;/h4,7H,2-3,5-6H2,1H3;3H,4H2,1-2H3;2*1H;/q;;;;+2/p-2. The number of hydrogen-bond acceptors (Lipinski definition) is 0. The fraction of sp³-hybridized carbons (Fsp3) is 0.500. The second kappa shape index (κ2) is 9.38. The molecule has 0 amide bonds. The van der Waals surface area contributed by atoms with Crippen LogP contribution in [0.5, 0.6) is 0 Å². The summed E-state index contributed by atoms with van der Waals surface area (Å²) < 4.78 is 3.62. The van der Waals surface area contributed by atoms with E-state index < -0.39 is 23.2 Å². The van der Waals surface area contributed by atoms with E-state index in [1.54, 1.807) is 20.0 Å². The Morgan fingerprint density at radius 3 is 2.47 bits per heavy atom. The van der Waals surface area contributed by atoms with Crippen molar-refractivity contribution in [1.29, 1.82) is 0 Å². The maximum absolute atomic E-state index is 2.42. The van der Waals surface area contributed by atoms with Crippen LogP contribution in [0, 0.1) is 0 Å².